The number of hydrogen-bond donors (Lipinski definition) is 3. The Morgan fingerprint density at radius 3 is 2.56 bits per heavy atom. The minimum Gasteiger partial charge on any atom is -0.507 e. The first-order valence-electron chi connectivity index (χ1n) is 13.4. The summed E-state index contributed by atoms with van der Waals surface area (Å²) in [6.45, 7) is 5.37. The molecule has 1 aliphatic heterocycles. The number of Topliss-reactive ketones (excluding diaryl/α,β-unsaturated/α-hetero) is 2. The number of hydrogen-bond acceptors (Lipinski definition) is 8. The van der Waals surface area contributed by atoms with Crippen LogP contribution >= 0.6 is 0 Å². The van der Waals surface area contributed by atoms with E-state index < -0.39 is 34.2 Å². The van der Waals surface area contributed by atoms with Gasteiger partial charge in [0, 0.05) is 24.3 Å². The maximum atomic E-state index is 13.8. The van der Waals surface area contributed by atoms with E-state index in [9.17, 15) is 24.6 Å². The predicted molar refractivity (Wildman–Crippen MR) is 152 cm³/mol. The summed E-state index contributed by atoms with van der Waals surface area (Å²) in [5, 5.41) is 26.2. The van der Waals surface area contributed by atoms with Crippen LogP contribution in [0.1, 0.15) is 55.1 Å². The lowest BCUT2D eigenvalue weighted by molar-refractivity contribution is -0.123. The average Bonchev–Trinajstić information content (AvgIpc) is 3.25. The summed E-state index contributed by atoms with van der Waals surface area (Å²) in [4.78, 5) is 39.5. The lowest BCUT2D eigenvalue weighted by atomic mass is 9.71. The van der Waals surface area contributed by atoms with Crippen LogP contribution in [0.4, 0.5) is 0 Å². The van der Waals surface area contributed by atoms with E-state index in [1.54, 1.807) is 0 Å². The highest BCUT2D eigenvalue weighted by Crippen LogP contribution is 2.56. The van der Waals surface area contributed by atoms with Crippen LogP contribution in [0, 0.1) is 0 Å². The molecule has 0 fully saturated rings. The zero-order valence-electron chi connectivity index (χ0n) is 23.3. The summed E-state index contributed by atoms with van der Waals surface area (Å²) >= 11 is 0. The number of unbranched alkanes of at least 4 members (excludes halogenated alkanes) is 1. The molecule has 1 amide bonds. The molecule has 5 rings (SSSR count). The van der Waals surface area contributed by atoms with Crippen LogP contribution in [-0.4, -0.2) is 41.4 Å². The SMILES string of the molecule is CCCCOc1ccc2ccccc2c1CNC(=O)c1c(OC)cc(O)c2c1OC1=CC(O)=C(C(C)=O)C(=O)[C@]12C. The van der Waals surface area contributed by atoms with E-state index in [0.717, 1.165) is 29.2 Å². The van der Waals surface area contributed by atoms with Crippen molar-refractivity contribution in [2.24, 2.45) is 0 Å². The molecule has 9 heteroatoms. The molecule has 0 unspecified atom stereocenters. The van der Waals surface area contributed by atoms with Gasteiger partial charge in [0.05, 0.1) is 19.3 Å². The van der Waals surface area contributed by atoms with Gasteiger partial charge in [-0.2, -0.15) is 0 Å². The van der Waals surface area contributed by atoms with Crippen molar-refractivity contribution in [1.29, 1.82) is 0 Å². The Morgan fingerprint density at radius 2 is 1.85 bits per heavy atom. The number of allylic oxidation sites excluding steroid dienone is 3. The number of amides is 1. The third-order valence-electron chi connectivity index (χ3n) is 7.61. The van der Waals surface area contributed by atoms with Crippen LogP contribution in [-0.2, 0) is 21.5 Å². The number of aliphatic hydroxyl groups excluding tert-OH is 1. The second-order valence-electron chi connectivity index (χ2n) is 10.2. The number of ketones is 2. The van der Waals surface area contributed by atoms with E-state index in [1.165, 1.54) is 33.1 Å². The first kappa shape index (κ1) is 27.8. The van der Waals surface area contributed by atoms with Gasteiger partial charge >= 0.3 is 0 Å². The number of phenolic OH excluding ortho intramolecular Hbond substituents is 1. The van der Waals surface area contributed by atoms with Gasteiger partial charge in [0.2, 0.25) is 0 Å². The van der Waals surface area contributed by atoms with Crippen molar-refractivity contribution in [2.75, 3.05) is 13.7 Å². The number of nitrogens with one attached hydrogen (secondary N) is 1. The monoisotopic (exact) mass is 557 g/mol. The largest absolute Gasteiger partial charge is 0.507 e. The first-order chi connectivity index (χ1) is 19.6. The minimum absolute atomic E-state index is 0.0136. The van der Waals surface area contributed by atoms with Gasteiger partial charge in [0.25, 0.3) is 5.91 Å². The van der Waals surface area contributed by atoms with Crippen LogP contribution in [0.25, 0.3) is 10.8 Å². The lowest BCUT2D eigenvalue weighted by Crippen LogP contribution is -2.38. The Morgan fingerprint density at radius 1 is 1.10 bits per heavy atom. The molecular weight excluding hydrogens is 526 g/mol. The zero-order chi connectivity index (χ0) is 29.5. The number of aliphatic hydroxyl groups is 1. The predicted octanol–water partition coefficient (Wildman–Crippen LogP) is 5.18. The van der Waals surface area contributed by atoms with Crippen LogP contribution in [0.2, 0.25) is 0 Å². The van der Waals surface area contributed by atoms with Gasteiger partial charge in [0.15, 0.2) is 17.3 Å². The van der Waals surface area contributed by atoms with E-state index in [4.69, 9.17) is 14.2 Å². The van der Waals surface area contributed by atoms with E-state index in [2.05, 4.69) is 12.2 Å². The molecule has 1 heterocycles. The fourth-order valence-electron chi connectivity index (χ4n) is 5.44. The molecule has 0 radical (unpaired) electrons. The van der Waals surface area contributed by atoms with Crippen molar-refractivity contribution in [1.82, 2.24) is 5.32 Å². The number of ether oxygens (including phenoxy) is 3. The van der Waals surface area contributed by atoms with E-state index in [1.807, 2.05) is 36.4 Å². The molecule has 0 bridgehead atoms. The summed E-state index contributed by atoms with van der Waals surface area (Å²) in [5.41, 5.74) is -1.27. The highest BCUT2D eigenvalue weighted by atomic mass is 16.5. The molecular formula is C32H31NO8. The second kappa shape index (κ2) is 10.6. The maximum Gasteiger partial charge on any atom is 0.259 e. The van der Waals surface area contributed by atoms with Crippen molar-refractivity contribution in [3.63, 3.8) is 0 Å². The van der Waals surface area contributed by atoms with Gasteiger partial charge in [-0.3, -0.25) is 14.4 Å². The number of methoxy groups -OCH3 is 1. The van der Waals surface area contributed by atoms with Crippen molar-refractivity contribution in [3.05, 3.63) is 82.3 Å². The molecule has 0 spiro atoms. The Labute approximate surface area is 237 Å². The molecule has 3 aromatic carbocycles. The van der Waals surface area contributed by atoms with E-state index in [0.29, 0.717) is 12.4 Å². The Kier molecular flexibility index (Phi) is 7.21. The van der Waals surface area contributed by atoms with Gasteiger partial charge in [-0.25, -0.2) is 0 Å². The fourth-order valence-corrected chi connectivity index (χ4v) is 5.44. The van der Waals surface area contributed by atoms with Crippen molar-refractivity contribution < 1.29 is 38.8 Å². The molecule has 3 aromatic rings. The van der Waals surface area contributed by atoms with Crippen LogP contribution < -0.4 is 19.5 Å². The summed E-state index contributed by atoms with van der Waals surface area (Å²) in [6.07, 6.45) is 3.03. The third kappa shape index (κ3) is 4.47. The topological polar surface area (TPSA) is 131 Å². The fraction of sp³-hybridized carbons (Fsp3) is 0.281. The van der Waals surface area contributed by atoms with Crippen molar-refractivity contribution >= 4 is 28.2 Å². The Balaban J connectivity index is 1.55. The van der Waals surface area contributed by atoms with Crippen LogP contribution in [0.5, 0.6) is 23.0 Å². The minimum atomic E-state index is -1.64. The number of fused-ring (bicyclic) bond motifs is 4. The second-order valence-corrected chi connectivity index (χ2v) is 10.2. The molecule has 3 N–H and O–H groups in total. The molecule has 41 heavy (non-hydrogen) atoms. The van der Waals surface area contributed by atoms with Gasteiger partial charge in [-0.15, -0.1) is 0 Å². The van der Waals surface area contributed by atoms with E-state index >= 15 is 0 Å². The molecule has 0 saturated heterocycles. The van der Waals surface area contributed by atoms with Gasteiger partial charge in [-0.1, -0.05) is 43.7 Å². The number of rotatable bonds is 9. The summed E-state index contributed by atoms with van der Waals surface area (Å²) in [5.74, 6) is -2.26. The first-order valence-corrected chi connectivity index (χ1v) is 13.4. The van der Waals surface area contributed by atoms with Gasteiger partial charge < -0.3 is 29.7 Å². The highest BCUT2D eigenvalue weighted by molar-refractivity contribution is 6.25. The zero-order valence-corrected chi connectivity index (χ0v) is 23.3. The Bertz CT molecular complexity index is 1670. The summed E-state index contributed by atoms with van der Waals surface area (Å²) in [7, 11) is 1.34. The summed E-state index contributed by atoms with van der Waals surface area (Å²) < 4.78 is 17.5. The number of aromatic hydroxyl groups is 1. The van der Waals surface area contributed by atoms with E-state index in [-0.39, 0.29) is 40.7 Å². The molecule has 1 aliphatic carbocycles. The van der Waals surface area contributed by atoms with Gasteiger partial charge in [0.1, 0.15) is 45.3 Å². The Hall–Kier alpha value is -4.79. The molecule has 2 aliphatic rings. The van der Waals surface area contributed by atoms with Crippen LogP contribution in [0.15, 0.2) is 65.6 Å². The average molecular weight is 558 g/mol. The molecule has 1 atom stereocenters. The number of carbonyl (C=O) groups excluding carboxylic acids is 3. The lowest BCUT2D eigenvalue weighted by Gasteiger charge is -2.27. The highest BCUT2D eigenvalue weighted by Gasteiger charge is 2.55. The standard InChI is InChI=1S/C32H31NO8/c1-5-6-13-40-23-12-11-18-9-7-8-10-19(18)20(23)16-33-31(38)27-24(39-4)14-22(36)28-29(27)41-25-15-21(35)26(17(2)34)30(37)32(25,28)3/h7-12,14-15,35-36H,5-6,13,16H2,1-4H3,(H,33,38)/t32-/m1/s1. The number of phenols is 1. The maximum absolute atomic E-state index is 13.8. The molecule has 0 aromatic heterocycles. The normalized spacial score (nSPS) is 17.5. The molecule has 0 saturated carbocycles. The smallest absolute Gasteiger partial charge is 0.259 e. The third-order valence-corrected chi connectivity index (χ3v) is 7.61. The van der Waals surface area contributed by atoms with Crippen LogP contribution in [0.3, 0.4) is 0 Å². The van der Waals surface area contributed by atoms with Crippen molar-refractivity contribution in [3.8, 4) is 23.0 Å². The number of benzene rings is 3. The molecule has 212 valence electrons. The number of carbonyl (C=O) groups is 3. The van der Waals surface area contributed by atoms with Crippen molar-refractivity contribution in [2.45, 2.75) is 45.6 Å². The summed E-state index contributed by atoms with van der Waals surface area (Å²) in [6, 6.07) is 12.9. The molecule has 9 nitrogen and oxygen atoms in total. The quantitative estimate of drug-likeness (QED) is 0.242. The van der Waals surface area contributed by atoms with Gasteiger partial charge in [-0.05, 0) is 37.1 Å².